The van der Waals surface area contributed by atoms with E-state index in [9.17, 15) is 9.90 Å². The van der Waals surface area contributed by atoms with Crippen LogP contribution in [0.2, 0.25) is 0 Å². The molecular weight excluding hydrogens is 248 g/mol. The van der Waals surface area contributed by atoms with Crippen LogP contribution in [0.15, 0.2) is 23.6 Å². The summed E-state index contributed by atoms with van der Waals surface area (Å²) in [5.41, 5.74) is 3.84. The van der Waals surface area contributed by atoms with E-state index >= 15 is 0 Å². The number of carbonyl (C=O) groups excluding carboxylic acids is 1. The molecule has 1 aromatic carbocycles. The van der Waals surface area contributed by atoms with Crippen LogP contribution in [0.3, 0.4) is 0 Å². The Balaban J connectivity index is 2.13. The second kappa shape index (κ2) is 5.18. The van der Waals surface area contributed by atoms with E-state index in [0.29, 0.717) is 10.8 Å². The highest BCUT2D eigenvalue weighted by Crippen LogP contribution is 2.24. The van der Waals surface area contributed by atoms with Gasteiger partial charge in [0, 0.05) is 23.5 Å². The summed E-state index contributed by atoms with van der Waals surface area (Å²) in [5.74, 6) is -1.11. The number of aromatic nitrogens is 1. The number of thiazole rings is 1. The van der Waals surface area contributed by atoms with Gasteiger partial charge < -0.3 is 15.2 Å². The second-order valence-corrected chi connectivity index (χ2v) is 4.99. The minimum Gasteiger partial charge on any atom is -0.550 e. The lowest BCUT2D eigenvalue weighted by atomic mass is 10.1. The number of carboxylic acid groups (broad SMARTS) is 1. The molecule has 0 radical (unpaired) electrons. The molecule has 4 nitrogen and oxygen atoms in total. The Hall–Kier alpha value is -1.88. The Morgan fingerprint density at radius 2 is 2.22 bits per heavy atom. The number of nitrogens with one attached hydrogen (secondary N) is 1. The largest absolute Gasteiger partial charge is 0.550 e. The van der Waals surface area contributed by atoms with Gasteiger partial charge in [0.2, 0.25) is 0 Å². The van der Waals surface area contributed by atoms with Gasteiger partial charge in [-0.15, -0.1) is 11.3 Å². The molecule has 0 spiro atoms. The highest BCUT2D eigenvalue weighted by Gasteiger charge is 2.04. The van der Waals surface area contributed by atoms with E-state index in [1.807, 2.05) is 26.0 Å². The fourth-order valence-electron chi connectivity index (χ4n) is 1.66. The summed E-state index contributed by atoms with van der Waals surface area (Å²) < 4.78 is 0. The average molecular weight is 261 g/mol. The maximum atomic E-state index is 10.5. The molecule has 1 aromatic heterocycles. The molecule has 0 fully saturated rings. The number of carbonyl (C=O) groups is 1. The molecule has 0 saturated heterocycles. The molecule has 0 aliphatic heterocycles. The summed E-state index contributed by atoms with van der Waals surface area (Å²) >= 11 is 1.39. The lowest BCUT2D eigenvalue weighted by molar-refractivity contribution is -0.304. The van der Waals surface area contributed by atoms with Crippen LogP contribution in [0, 0.1) is 13.8 Å². The molecule has 0 bridgehead atoms. The Bertz CT molecular complexity index is 578. The molecule has 0 unspecified atom stereocenters. The van der Waals surface area contributed by atoms with Crippen molar-refractivity contribution in [1.29, 1.82) is 0 Å². The molecule has 0 aliphatic carbocycles. The van der Waals surface area contributed by atoms with Gasteiger partial charge in [0.15, 0.2) is 5.13 Å². The number of aryl methyl sites for hydroxylation is 2. The van der Waals surface area contributed by atoms with Gasteiger partial charge in [0.05, 0.1) is 5.69 Å². The van der Waals surface area contributed by atoms with Gasteiger partial charge in [-0.25, -0.2) is 4.98 Å². The standard InChI is InChI=1S/C13H14N2O2S/c1-8-3-4-11(9(2)5-8)15-13-14-10(7-18-13)6-12(16)17/h3-5,7H,6H2,1-2H3,(H,14,15)(H,16,17)/p-1. The van der Waals surface area contributed by atoms with E-state index in [4.69, 9.17) is 0 Å². The minimum absolute atomic E-state index is 0.148. The number of anilines is 2. The molecule has 5 heteroatoms. The Labute approximate surface area is 109 Å². The van der Waals surface area contributed by atoms with Gasteiger partial charge in [0.1, 0.15) is 0 Å². The van der Waals surface area contributed by atoms with Crippen molar-refractivity contribution in [2.45, 2.75) is 20.3 Å². The first-order chi connectivity index (χ1) is 8.54. The summed E-state index contributed by atoms with van der Waals surface area (Å²) in [5, 5.41) is 16.1. The van der Waals surface area contributed by atoms with E-state index < -0.39 is 5.97 Å². The van der Waals surface area contributed by atoms with Gasteiger partial charge in [-0.3, -0.25) is 0 Å². The molecular formula is C13H13N2O2S-. The van der Waals surface area contributed by atoms with Crippen molar-refractivity contribution < 1.29 is 9.90 Å². The van der Waals surface area contributed by atoms with Crippen molar-refractivity contribution in [2.75, 3.05) is 5.32 Å². The van der Waals surface area contributed by atoms with Gasteiger partial charge >= 0.3 is 0 Å². The number of rotatable bonds is 4. The van der Waals surface area contributed by atoms with Crippen molar-refractivity contribution in [2.24, 2.45) is 0 Å². The maximum absolute atomic E-state index is 10.5. The van der Waals surface area contributed by atoms with E-state index in [0.717, 1.165) is 11.3 Å². The number of aliphatic carboxylic acids is 1. The van der Waals surface area contributed by atoms with Crippen molar-refractivity contribution >= 4 is 28.1 Å². The van der Waals surface area contributed by atoms with Gasteiger partial charge in [-0.05, 0) is 25.5 Å². The summed E-state index contributed by atoms with van der Waals surface area (Å²) in [6, 6.07) is 6.09. The second-order valence-electron chi connectivity index (χ2n) is 4.14. The topological polar surface area (TPSA) is 65.0 Å². The van der Waals surface area contributed by atoms with Crippen molar-refractivity contribution in [3.05, 3.63) is 40.4 Å². The van der Waals surface area contributed by atoms with Crippen LogP contribution >= 0.6 is 11.3 Å². The first kappa shape index (κ1) is 12.6. The Morgan fingerprint density at radius 3 is 2.89 bits per heavy atom. The predicted octanol–water partition coefficient (Wildman–Crippen LogP) is 1.80. The number of nitrogens with zero attached hydrogens (tertiary/aromatic N) is 1. The van der Waals surface area contributed by atoms with Crippen LogP contribution in [0.1, 0.15) is 16.8 Å². The number of hydrogen-bond acceptors (Lipinski definition) is 5. The van der Waals surface area contributed by atoms with E-state index in [1.54, 1.807) is 5.38 Å². The van der Waals surface area contributed by atoms with E-state index in [2.05, 4.69) is 16.4 Å². The molecule has 18 heavy (non-hydrogen) atoms. The van der Waals surface area contributed by atoms with Crippen LogP contribution < -0.4 is 10.4 Å². The zero-order chi connectivity index (χ0) is 13.1. The summed E-state index contributed by atoms with van der Waals surface area (Å²) in [7, 11) is 0. The minimum atomic E-state index is -1.11. The monoisotopic (exact) mass is 261 g/mol. The van der Waals surface area contributed by atoms with Crippen LogP contribution in [0.5, 0.6) is 0 Å². The first-order valence-electron chi connectivity index (χ1n) is 5.53. The third-order valence-electron chi connectivity index (χ3n) is 2.50. The molecule has 0 saturated carbocycles. The third-order valence-corrected chi connectivity index (χ3v) is 3.31. The smallest absolute Gasteiger partial charge is 0.187 e. The summed E-state index contributed by atoms with van der Waals surface area (Å²) in [6.07, 6.45) is -0.148. The quantitative estimate of drug-likeness (QED) is 0.911. The molecule has 0 atom stereocenters. The molecule has 1 heterocycles. The number of carboxylic acids is 1. The van der Waals surface area contributed by atoms with Crippen LogP contribution in [-0.2, 0) is 11.2 Å². The Morgan fingerprint density at radius 1 is 1.44 bits per heavy atom. The molecule has 94 valence electrons. The van der Waals surface area contributed by atoms with Crippen LogP contribution in [0.25, 0.3) is 0 Å². The Kier molecular flexibility index (Phi) is 3.62. The number of hydrogen-bond donors (Lipinski definition) is 1. The van der Waals surface area contributed by atoms with E-state index in [-0.39, 0.29) is 6.42 Å². The number of benzene rings is 1. The maximum Gasteiger partial charge on any atom is 0.187 e. The fourth-order valence-corrected chi connectivity index (χ4v) is 2.39. The summed E-state index contributed by atoms with van der Waals surface area (Å²) in [4.78, 5) is 14.7. The van der Waals surface area contributed by atoms with Gasteiger partial charge in [0.25, 0.3) is 0 Å². The van der Waals surface area contributed by atoms with Crippen LogP contribution in [0.4, 0.5) is 10.8 Å². The highest BCUT2D eigenvalue weighted by atomic mass is 32.1. The van der Waals surface area contributed by atoms with Gasteiger partial charge in [-0.2, -0.15) is 0 Å². The summed E-state index contributed by atoms with van der Waals surface area (Å²) in [6.45, 7) is 4.06. The molecule has 0 aliphatic rings. The van der Waals surface area contributed by atoms with Gasteiger partial charge in [-0.1, -0.05) is 17.7 Å². The third kappa shape index (κ3) is 3.07. The SMILES string of the molecule is Cc1ccc(Nc2nc(CC(=O)[O-])cs2)c(C)c1. The van der Waals surface area contributed by atoms with Crippen molar-refractivity contribution in [1.82, 2.24) is 4.98 Å². The lowest BCUT2D eigenvalue weighted by Crippen LogP contribution is -2.24. The highest BCUT2D eigenvalue weighted by molar-refractivity contribution is 7.13. The normalized spacial score (nSPS) is 10.3. The fraction of sp³-hybridized carbons (Fsp3) is 0.231. The predicted molar refractivity (Wildman–Crippen MR) is 70.0 cm³/mol. The van der Waals surface area contributed by atoms with Crippen LogP contribution in [-0.4, -0.2) is 11.0 Å². The molecule has 2 rings (SSSR count). The zero-order valence-corrected chi connectivity index (χ0v) is 11.0. The van der Waals surface area contributed by atoms with Crippen molar-refractivity contribution in [3.63, 3.8) is 0 Å². The molecule has 0 amide bonds. The average Bonchev–Trinajstić information content (AvgIpc) is 2.69. The molecule has 1 N–H and O–H groups in total. The van der Waals surface area contributed by atoms with E-state index in [1.165, 1.54) is 16.9 Å². The first-order valence-corrected chi connectivity index (χ1v) is 6.41. The zero-order valence-electron chi connectivity index (χ0n) is 10.2. The lowest BCUT2D eigenvalue weighted by Gasteiger charge is -2.07. The van der Waals surface area contributed by atoms with Crippen molar-refractivity contribution in [3.8, 4) is 0 Å². The molecule has 2 aromatic rings.